The fourth-order valence-corrected chi connectivity index (χ4v) is 3.12. The summed E-state index contributed by atoms with van der Waals surface area (Å²) in [6.45, 7) is 0.167. The number of hydrogen-bond donors (Lipinski definition) is 2. The highest BCUT2D eigenvalue weighted by atomic mass is 32.2. The molecule has 0 radical (unpaired) electrons. The predicted molar refractivity (Wildman–Crippen MR) is 82.8 cm³/mol. The summed E-state index contributed by atoms with van der Waals surface area (Å²) in [4.78, 5) is 18.0. The number of benzene rings is 1. The van der Waals surface area contributed by atoms with E-state index < -0.39 is 10.0 Å². The molecule has 0 aliphatic carbocycles. The highest BCUT2D eigenvalue weighted by Crippen LogP contribution is 2.16. The van der Waals surface area contributed by atoms with Crippen molar-refractivity contribution in [3.05, 3.63) is 70.8 Å². The number of sulfonamides is 1. The first-order valence-electron chi connectivity index (χ1n) is 6.56. The first-order chi connectivity index (χ1) is 10.5. The van der Waals surface area contributed by atoms with Gasteiger partial charge in [-0.05, 0) is 41.3 Å². The van der Waals surface area contributed by atoms with Gasteiger partial charge in [0.15, 0.2) is 0 Å². The topological polar surface area (TPSA) is 91.9 Å². The van der Waals surface area contributed by atoms with Gasteiger partial charge in [0.1, 0.15) is 0 Å². The van der Waals surface area contributed by atoms with Crippen molar-refractivity contribution in [2.24, 2.45) is 0 Å². The minimum atomic E-state index is -3.63. The summed E-state index contributed by atoms with van der Waals surface area (Å²) in [5, 5.41) is 0.656. The lowest BCUT2D eigenvalue weighted by Crippen LogP contribution is -2.23. The summed E-state index contributed by atoms with van der Waals surface area (Å²) >= 11 is 0. The highest BCUT2D eigenvalue weighted by Gasteiger charge is 2.14. The Morgan fingerprint density at radius 2 is 2.00 bits per heavy atom. The Bertz CT molecular complexity index is 966. The van der Waals surface area contributed by atoms with Gasteiger partial charge >= 0.3 is 0 Å². The third kappa shape index (κ3) is 3.05. The summed E-state index contributed by atoms with van der Waals surface area (Å²) in [6.07, 6.45) is 3.23. The van der Waals surface area contributed by atoms with Crippen LogP contribution in [0.25, 0.3) is 10.9 Å². The molecule has 3 aromatic rings. The molecule has 0 amide bonds. The molecule has 0 unspecified atom stereocenters. The van der Waals surface area contributed by atoms with Gasteiger partial charge < -0.3 is 4.98 Å². The molecule has 0 aliphatic heterocycles. The molecule has 6 nitrogen and oxygen atoms in total. The van der Waals surface area contributed by atoms with Crippen molar-refractivity contribution >= 4 is 20.9 Å². The predicted octanol–water partition coefficient (Wildman–Crippen LogP) is 1.40. The number of rotatable bonds is 4. The Hall–Kier alpha value is -2.51. The maximum absolute atomic E-state index is 12.3. The van der Waals surface area contributed by atoms with E-state index >= 15 is 0 Å². The summed E-state index contributed by atoms with van der Waals surface area (Å²) in [6, 6.07) is 11.1. The zero-order valence-electron chi connectivity index (χ0n) is 11.5. The van der Waals surface area contributed by atoms with Crippen molar-refractivity contribution < 1.29 is 8.42 Å². The van der Waals surface area contributed by atoms with Crippen molar-refractivity contribution in [1.29, 1.82) is 0 Å². The maximum Gasteiger partial charge on any atom is 0.248 e. The number of nitrogens with zero attached hydrogens (tertiary/aromatic N) is 1. The minimum absolute atomic E-state index is 0.149. The molecule has 112 valence electrons. The van der Waals surface area contributed by atoms with Gasteiger partial charge in [0.2, 0.25) is 15.6 Å². The van der Waals surface area contributed by atoms with Crippen LogP contribution in [0.4, 0.5) is 0 Å². The molecule has 0 bridgehead atoms. The van der Waals surface area contributed by atoms with Crippen LogP contribution < -0.4 is 10.3 Å². The van der Waals surface area contributed by atoms with Crippen molar-refractivity contribution in [3.8, 4) is 0 Å². The normalized spacial score (nSPS) is 11.6. The minimum Gasteiger partial charge on any atom is -0.322 e. The van der Waals surface area contributed by atoms with E-state index in [2.05, 4.69) is 14.7 Å². The van der Waals surface area contributed by atoms with E-state index in [9.17, 15) is 13.2 Å². The van der Waals surface area contributed by atoms with Crippen LogP contribution in [-0.4, -0.2) is 18.4 Å². The molecule has 0 saturated heterocycles. The Morgan fingerprint density at radius 3 is 2.77 bits per heavy atom. The van der Waals surface area contributed by atoms with E-state index in [4.69, 9.17) is 0 Å². The summed E-state index contributed by atoms with van der Waals surface area (Å²) in [5.41, 5.74) is 1.15. The van der Waals surface area contributed by atoms with Crippen LogP contribution in [0.1, 0.15) is 5.56 Å². The van der Waals surface area contributed by atoms with Crippen molar-refractivity contribution in [2.75, 3.05) is 0 Å². The van der Waals surface area contributed by atoms with Gasteiger partial charge in [-0.1, -0.05) is 6.07 Å². The number of aromatic amines is 1. The molecule has 0 aliphatic rings. The first kappa shape index (κ1) is 14.4. The van der Waals surface area contributed by atoms with Crippen LogP contribution in [-0.2, 0) is 16.6 Å². The lowest BCUT2D eigenvalue weighted by atomic mass is 10.2. The molecule has 0 fully saturated rings. The number of pyridine rings is 2. The smallest absolute Gasteiger partial charge is 0.248 e. The van der Waals surface area contributed by atoms with E-state index in [1.54, 1.807) is 36.7 Å². The van der Waals surface area contributed by atoms with Crippen LogP contribution in [0.3, 0.4) is 0 Å². The van der Waals surface area contributed by atoms with Crippen LogP contribution in [0.5, 0.6) is 0 Å². The molecule has 7 heteroatoms. The number of hydrogen-bond acceptors (Lipinski definition) is 4. The largest absolute Gasteiger partial charge is 0.322 e. The molecule has 2 N–H and O–H groups in total. The average Bonchev–Trinajstić information content (AvgIpc) is 2.53. The molecule has 0 spiro atoms. The third-order valence-electron chi connectivity index (χ3n) is 3.19. The second-order valence-corrected chi connectivity index (χ2v) is 6.52. The summed E-state index contributed by atoms with van der Waals surface area (Å²) in [7, 11) is -3.63. The van der Waals surface area contributed by atoms with Crippen LogP contribution >= 0.6 is 0 Å². The lowest BCUT2D eigenvalue weighted by Gasteiger charge is -2.07. The fraction of sp³-hybridized carbons (Fsp3) is 0.0667. The van der Waals surface area contributed by atoms with Crippen LogP contribution in [0.2, 0.25) is 0 Å². The zero-order valence-corrected chi connectivity index (χ0v) is 12.3. The molecule has 0 saturated carbocycles. The molecule has 2 aromatic heterocycles. The van der Waals surface area contributed by atoms with Gasteiger partial charge in [-0.15, -0.1) is 0 Å². The Kier molecular flexibility index (Phi) is 3.74. The number of fused-ring (bicyclic) bond motifs is 1. The molecule has 22 heavy (non-hydrogen) atoms. The monoisotopic (exact) mass is 315 g/mol. The molecular weight excluding hydrogens is 302 g/mol. The van der Waals surface area contributed by atoms with Crippen LogP contribution in [0, 0.1) is 0 Å². The summed E-state index contributed by atoms with van der Waals surface area (Å²) < 4.78 is 27.2. The van der Waals surface area contributed by atoms with Crippen molar-refractivity contribution in [2.45, 2.75) is 11.4 Å². The molecular formula is C15H13N3O3S. The van der Waals surface area contributed by atoms with Gasteiger partial charge in [-0.25, -0.2) is 13.1 Å². The second-order valence-electron chi connectivity index (χ2n) is 4.76. The van der Waals surface area contributed by atoms with E-state index in [-0.39, 0.29) is 17.0 Å². The van der Waals surface area contributed by atoms with Gasteiger partial charge in [0.25, 0.3) is 0 Å². The van der Waals surface area contributed by atoms with Crippen molar-refractivity contribution in [3.63, 3.8) is 0 Å². The summed E-state index contributed by atoms with van der Waals surface area (Å²) in [5.74, 6) is 0. The second kappa shape index (κ2) is 5.70. The van der Waals surface area contributed by atoms with Gasteiger partial charge in [0, 0.05) is 30.5 Å². The fourth-order valence-electron chi connectivity index (χ4n) is 2.06. The molecule has 0 atom stereocenters. The third-order valence-corrected chi connectivity index (χ3v) is 4.59. The Labute approximate surface area is 126 Å². The molecule has 3 rings (SSSR count). The number of H-pyrrole nitrogens is 1. The molecule has 1 aromatic carbocycles. The van der Waals surface area contributed by atoms with E-state index in [0.29, 0.717) is 10.9 Å². The Balaban J connectivity index is 1.88. The lowest BCUT2D eigenvalue weighted by molar-refractivity contribution is 0.581. The molecule has 2 heterocycles. The zero-order chi connectivity index (χ0) is 15.6. The van der Waals surface area contributed by atoms with Gasteiger partial charge in [-0.3, -0.25) is 9.78 Å². The van der Waals surface area contributed by atoms with Gasteiger partial charge in [-0.2, -0.15) is 0 Å². The quantitative estimate of drug-likeness (QED) is 0.761. The van der Waals surface area contributed by atoms with Gasteiger partial charge in [0.05, 0.1) is 4.90 Å². The standard InChI is InChI=1S/C15H13N3O3S/c19-15-6-3-12-8-13(4-5-14(12)18-15)22(20,21)17-10-11-2-1-7-16-9-11/h1-9,17H,10H2,(H,18,19). The number of aromatic nitrogens is 2. The maximum atomic E-state index is 12.3. The van der Waals surface area contributed by atoms with E-state index in [1.807, 2.05) is 0 Å². The highest BCUT2D eigenvalue weighted by molar-refractivity contribution is 7.89. The Morgan fingerprint density at radius 1 is 1.14 bits per heavy atom. The van der Waals surface area contributed by atoms with Crippen molar-refractivity contribution in [1.82, 2.24) is 14.7 Å². The SMILES string of the molecule is O=c1ccc2cc(S(=O)(=O)NCc3cccnc3)ccc2[nH]1. The number of nitrogens with one attached hydrogen (secondary N) is 2. The van der Waals surface area contributed by atoms with Crippen LogP contribution in [0.15, 0.2) is 64.5 Å². The van der Waals surface area contributed by atoms with E-state index in [0.717, 1.165) is 5.56 Å². The average molecular weight is 315 g/mol. The van der Waals surface area contributed by atoms with E-state index in [1.165, 1.54) is 18.2 Å². The first-order valence-corrected chi connectivity index (χ1v) is 8.05.